The van der Waals surface area contributed by atoms with E-state index in [1.807, 2.05) is 54.8 Å². The minimum absolute atomic E-state index is 0.0468. The smallest absolute Gasteiger partial charge is 0.185 e. The quantitative estimate of drug-likeness (QED) is 0.464. The van der Waals surface area contributed by atoms with Crippen LogP contribution in [0.25, 0.3) is 17.3 Å². The number of carbonyl (C=O) groups is 1. The van der Waals surface area contributed by atoms with Crippen molar-refractivity contribution in [2.75, 3.05) is 6.61 Å². The highest BCUT2D eigenvalue weighted by Gasteiger charge is 2.04. The second kappa shape index (κ2) is 7.70. The number of hydrogen-bond acceptors (Lipinski definition) is 4. The van der Waals surface area contributed by atoms with E-state index in [0.29, 0.717) is 12.2 Å². The van der Waals surface area contributed by atoms with E-state index in [9.17, 15) is 4.79 Å². The molecule has 0 radical (unpaired) electrons. The summed E-state index contributed by atoms with van der Waals surface area (Å²) in [5, 5.41) is 2.81. The number of ether oxygens (including phenoxy) is 1. The number of benzene rings is 2. The van der Waals surface area contributed by atoms with Gasteiger partial charge in [0, 0.05) is 16.5 Å². The summed E-state index contributed by atoms with van der Waals surface area (Å²) in [7, 11) is 0. The Bertz CT molecular complexity index is 836. The van der Waals surface area contributed by atoms with Gasteiger partial charge < -0.3 is 4.74 Å². The number of aromatic nitrogens is 1. The van der Waals surface area contributed by atoms with Crippen LogP contribution in [-0.4, -0.2) is 17.4 Å². The lowest BCUT2D eigenvalue weighted by molar-refractivity contribution is 0.104. The molecule has 0 N–H and O–H groups in total. The lowest BCUT2D eigenvalue weighted by Gasteiger charge is -2.02. The molecule has 0 atom stereocenters. The molecule has 1 aromatic heterocycles. The molecule has 3 aromatic rings. The van der Waals surface area contributed by atoms with Crippen molar-refractivity contribution >= 4 is 23.2 Å². The number of rotatable bonds is 6. The highest BCUT2D eigenvalue weighted by molar-refractivity contribution is 7.10. The maximum atomic E-state index is 12.2. The number of nitrogens with zero attached hydrogens (tertiary/aromatic N) is 1. The zero-order valence-corrected chi connectivity index (χ0v) is 14.1. The topological polar surface area (TPSA) is 39.2 Å². The molecular weight excluding hydrogens is 318 g/mol. The largest absolute Gasteiger partial charge is 0.494 e. The molecule has 4 heteroatoms. The van der Waals surface area contributed by atoms with Gasteiger partial charge >= 0.3 is 0 Å². The van der Waals surface area contributed by atoms with Crippen molar-refractivity contribution in [3.63, 3.8) is 0 Å². The average Bonchev–Trinajstić information content (AvgIpc) is 3.10. The van der Waals surface area contributed by atoms with Crippen LogP contribution >= 0.6 is 11.3 Å². The van der Waals surface area contributed by atoms with Gasteiger partial charge in [-0.05, 0) is 43.3 Å². The van der Waals surface area contributed by atoms with Crippen LogP contribution in [0.4, 0.5) is 0 Å². The average molecular weight is 335 g/mol. The summed E-state index contributed by atoms with van der Waals surface area (Å²) in [6, 6.07) is 17.2. The normalized spacial score (nSPS) is 10.9. The van der Waals surface area contributed by atoms with Crippen molar-refractivity contribution in [3.05, 3.63) is 76.6 Å². The molecule has 0 aliphatic heterocycles. The number of thiazole rings is 1. The second-order valence-corrected chi connectivity index (χ2v) is 5.98. The molecule has 0 saturated heterocycles. The van der Waals surface area contributed by atoms with E-state index in [1.165, 1.54) is 11.3 Å². The molecular formula is C20H17NO2S. The monoisotopic (exact) mass is 335 g/mol. The van der Waals surface area contributed by atoms with Gasteiger partial charge in [-0.15, -0.1) is 11.3 Å². The van der Waals surface area contributed by atoms with Gasteiger partial charge in [-0.1, -0.05) is 30.3 Å². The summed E-state index contributed by atoms with van der Waals surface area (Å²) in [6.07, 6.45) is 3.32. The van der Waals surface area contributed by atoms with E-state index in [-0.39, 0.29) is 5.78 Å². The third-order valence-corrected chi connectivity index (χ3v) is 4.23. The molecule has 0 aliphatic carbocycles. The van der Waals surface area contributed by atoms with Crippen molar-refractivity contribution < 1.29 is 9.53 Å². The van der Waals surface area contributed by atoms with Crippen molar-refractivity contribution in [3.8, 4) is 17.0 Å². The van der Waals surface area contributed by atoms with Crippen LogP contribution in [0, 0.1) is 0 Å². The summed E-state index contributed by atoms with van der Waals surface area (Å²) in [5.74, 6) is 0.722. The summed E-state index contributed by atoms with van der Waals surface area (Å²) < 4.78 is 5.38. The Morgan fingerprint density at radius 3 is 2.58 bits per heavy atom. The molecule has 3 nitrogen and oxygen atoms in total. The molecule has 24 heavy (non-hydrogen) atoms. The Hall–Kier alpha value is -2.72. The zero-order chi connectivity index (χ0) is 16.8. The van der Waals surface area contributed by atoms with E-state index >= 15 is 0 Å². The predicted octanol–water partition coefficient (Wildman–Crippen LogP) is 5.10. The lowest BCUT2D eigenvalue weighted by Crippen LogP contribution is -1.95. The van der Waals surface area contributed by atoms with E-state index < -0.39 is 0 Å². The fourth-order valence-electron chi connectivity index (χ4n) is 2.23. The number of ketones is 1. The predicted molar refractivity (Wildman–Crippen MR) is 98.5 cm³/mol. The first-order chi connectivity index (χ1) is 11.8. The van der Waals surface area contributed by atoms with Crippen LogP contribution in [0.1, 0.15) is 22.3 Å². The number of hydrogen-bond donors (Lipinski definition) is 0. The Labute approximate surface area is 145 Å². The third kappa shape index (κ3) is 3.97. The molecule has 120 valence electrons. The highest BCUT2D eigenvalue weighted by atomic mass is 32.1. The molecule has 1 heterocycles. The van der Waals surface area contributed by atoms with E-state index in [4.69, 9.17) is 4.74 Å². The van der Waals surface area contributed by atoms with Gasteiger partial charge in [0.2, 0.25) is 0 Å². The molecule has 0 fully saturated rings. The van der Waals surface area contributed by atoms with Gasteiger partial charge in [0.1, 0.15) is 10.8 Å². The minimum atomic E-state index is -0.0468. The second-order valence-electron chi connectivity index (χ2n) is 5.09. The van der Waals surface area contributed by atoms with Crippen LogP contribution < -0.4 is 4.74 Å². The Morgan fingerprint density at radius 2 is 1.88 bits per heavy atom. The molecule has 0 spiro atoms. The van der Waals surface area contributed by atoms with Crippen LogP contribution in [0.15, 0.2) is 66.1 Å². The highest BCUT2D eigenvalue weighted by Crippen LogP contribution is 2.22. The first-order valence-corrected chi connectivity index (χ1v) is 8.60. The first-order valence-electron chi connectivity index (χ1n) is 7.72. The van der Waals surface area contributed by atoms with E-state index in [1.54, 1.807) is 24.3 Å². The van der Waals surface area contributed by atoms with Crippen molar-refractivity contribution in [1.29, 1.82) is 0 Å². The van der Waals surface area contributed by atoms with Gasteiger partial charge in [0.25, 0.3) is 0 Å². The van der Waals surface area contributed by atoms with Crippen molar-refractivity contribution in [2.45, 2.75) is 6.92 Å². The Balaban J connectivity index is 1.69. The summed E-state index contributed by atoms with van der Waals surface area (Å²) in [6.45, 7) is 2.54. The van der Waals surface area contributed by atoms with Gasteiger partial charge in [-0.3, -0.25) is 4.79 Å². The fraction of sp³-hybridized carbons (Fsp3) is 0.100. The van der Waals surface area contributed by atoms with Crippen LogP contribution in [-0.2, 0) is 0 Å². The summed E-state index contributed by atoms with van der Waals surface area (Å²) in [5.41, 5.74) is 2.63. The van der Waals surface area contributed by atoms with Gasteiger partial charge in [0.15, 0.2) is 5.78 Å². The standard InChI is InChI=1S/C20H17NO2S/c1-2-23-17-10-8-16(9-11-17)19(22)12-13-20-21-18(14-24-20)15-6-4-3-5-7-15/h3-14H,2H2,1H3/b13-12+. The lowest BCUT2D eigenvalue weighted by atomic mass is 10.1. The Kier molecular flexibility index (Phi) is 5.18. The van der Waals surface area contributed by atoms with Crippen molar-refractivity contribution in [2.24, 2.45) is 0 Å². The molecule has 2 aromatic carbocycles. The van der Waals surface area contributed by atoms with Gasteiger partial charge in [0.05, 0.1) is 12.3 Å². The SMILES string of the molecule is CCOc1ccc(C(=O)/C=C/c2nc(-c3ccccc3)cs2)cc1. The zero-order valence-electron chi connectivity index (χ0n) is 13.3. The Morgan fingerprint density at radius 1 is 1.12 bits per heavy atom. The number of allylic oxidation sites excluding steroid dienone is 1. The molecule has 0 aliphatic rings. The molecule has 3 rings (SSSR count). The third-order valence-electron chi connectivity index (χ3n) is 3.42. The minimum Gasteiger partial charge on any atom is -0.494 e. The maximum Gasteiger partial charge on any atom is 0.185 e. The van der Waals surface area contributed by atoms with Gasteiger partial charge in [-0.2, -0.15) is 0 Å². The van der Waals surface area contributed by atoms with E-state index in [0.717, 1.165) is 22.0 Å². The van der Waals surface area contributed by atoms with Gasteiger partial charge in [-0.25, -0.2) is 4.98 Å². The van der Waals surface area contributed by atoms with E-state index in [2.05, 4.69) is 4.98 Å². The van der Waals surface area contributed by atoms with Crippen LogP contribution in [0.3, 0.4) is 0 Å². The molecule has 0 amide bonds. The molecule has 0 saturated carbocycles. The maximum absolute atomic E-state index is 12.2. The van der Waals surface area contributed by atoms with Crippen molar-refractivity contribution in [1.82, 2.24) is 4.98 Å². The number of carbonyl (C=O) groups excluding carboxylic acids is 1. The van der Waals surface area contributed by atoms with Crippen LogP contribution in [0.5, 0.6) is 5.75 Å². The molecule has 0 unspecified atom stereocenters. The van der Waals surface area contributed by atoms with Crippen LogP contribution in [0.2, 0.25) is 0 Å². The fourth-order valence-corrected chi connectivity index (χ4v) is 2.95. The first kappa shape index (κ1) is 16.1. The summed E-state index contributed by atoms with van der Waals surface area (Å²) in [4.78, 5) is 16.8. The summed E-state index contributed by atoms with van der Waals surface area (Å²) >= 11 is 1.52. The molecule has 0 bridgehead atoms.